The first-order valence-corrected chi connectivity index (χ1v) is 10.5. The first-order valence-electron chi connectivity index (χ1n) is 10.5. The highest BCUT2D eigenvalue weighted by molar-refractivity contribution is 6.00. The van der Waals surface area contributed by atoms with Crippen molar-refractivity contribution < 1.29 is 13.6 Å². The number of anilines is 1. The molecule has 1 fully saturated rings. The van der Waals surface area contributed by atoms with Gasteiger partial charge in [0.2, 0.25) is 5.95 Å². The number of fused-ring (bicyclic) bond motifs is 1. The molecule has 4 aromatic rings. The Hall–Kier alpha value is -3.75. The Balaban J connectivity index is 1.37. The standard InChI is InChI=1S/C23H22F2N6O/c1-29-14-17(21(28-29)16-8-7-15(24)13-18(16)25)22(32)30-9-4-10-31(12-11-30)23-26-19-5-2-3-6-20(19)27-23/h2-3,5-8,13-14H,4,9-12H2,1H3,(H,26,27). The highest BCUT2D eigenvalue weighted by Gasteiger charge is 2.26. The van der Waals surface area contributed by atoms with Gasteiger partial charge in [-0.15, -0.1) is 0 Å². The minimum atomic E-state index is -0.746. The van der Waals surface area contributed by atoms with Crippen molar-refractivity contribution in [2.45, 2.75) is 6.42 Å². The molecule has 164 valence electrons. The molecule has 0 aliphatic carbocycles. The summed E-state index contributed by atoms with van der Waals surface area (Å²) >= 11 is 0. The van der Waals surface area contributed by atoms with Crippen molar-refractivity contribution in [2.75, 3.05) is 31.1 Å². The van der Waals surface area contributed by atoms with Crippen molar-refractivity contribution >= 4 is 22.9 Å². The molecule has 9 heteroatoms. The van der Waals surface area contributed by atoms with Crippen LogP contribution in [0, 0.1) is 11.6 Å². The zero-order valence-electron chi connectivity index (χ0n) is 17.6. The van der Waals surface area contributed by atoms with Crippen molar-refractivity contribution in [1.82, 2.24) is 24.6 Å². The molecular formula is C23H22F2N6O. The van der Waals surface area contributed by atoms with E-state index in [4.69, 9.17) is 0 Å². The van der Waals surface area contributed by atoms with E-state index in [9.17, 15) is 13.6 Å². The summed E-state index contributed by atoms with van der Waals surface area (Å²) in [5, 5.41) is 4.28. The van der Waals surface area contributed by atoms with Crippen LogP contribution in [0.25, 0.3) is 22.3 Å². The molecule has 2 aromatic heterocycles. The zero-order chi connectivity index (χ0) is 22.2. The number of H-pyrrole nitrogens is 1. The van der Waals surface area contributed by atoms with Crippen LogP contribution in [-0.4, -0.2) is 56.7 Å². The minimum Gasteiger partial charge on any atom is -0.341 e. The third kappa shape index (κ3) is 3.70. The Morgan fingerprint density at radius 1 is 1.06 bits per heavy atom. The summed E-state index contributed by atoms with van der Waals surface area (Å²) < 4.78 is 29.2. The van der Waals surface area contributed by atoms with E-state index in [0.29, 0.717) is 25.2 Å². The number of hydrogen-bond acceptors (Lipinski definition) is 4. The SMILES string of the molecule is Cn1cc(C(=O)N2CCCN(c3nc4ccccc4[nH]3)CC2)c(-c2ccc(F)cc2F)n1. The normalized spacial score (nSPS) is 14.7. The number of amides is 1. The Kier molecular flexibility index (Phi) is 5.08. The lowest BCUT2D eigenvalue weighted by atomic mass is 10.1. The average molecular weight is 436 g/mol. The van der Waals surface area contributed by atoms with Crippen molar-refractivity contribution in [3.63, 3.8) is 0 Å². The van der Waals surface area contributed by atoms with Crippen LogP contribution in [0.2, 0.25) is 0 Å². The molecule has 1 saturated heterocycles. The van der Waals surface area contributed by atoms with Crippen LogP contribution in [0.3, 0.4) is 0 Å². The quantitative estimate of drug-likeness (QED) is 0.533. The van der Waals surface area contributed by atoms with Gasteiger partial charge in [-0.1, -0.05) is 12.1 Å². The molecule has 0 atom stereocenters. The average Bonchev–Trinajstić information content (AvgIpc) is 3.28. The fraction of sp³-hybridized carbons (Fsp3) is 0.261. The second kappa shape index (κ2) is 8.07. The van der Waals surface area contributed by atoms with Gasteiger partial charge in [0.1, 0.15) is 17.3 Å². The van der Waals surface area contributed by atoms with Gasteiger partial charge in [0.25, 0.3) is 5.91 Å². The van der Waals surface area contributed by atoms with E-state index < -0.39 is 11.6 Å². The predicted molar refractivity (Wildman–Crippen MR) is 117 cm³/mol. The van der Waals surface area contributed by atoms with Crippen LogP contribution in [0.15, 0.2) is 48.7 Å². The van der Waals surface area contributed by atoms with Gasteiger partial charge in [0.05, 0.1) is 16.6 Å². The molecule has 0 unspecified atom stereocenters. The maximum Gasteiger partial charge on any atom is 0.257 e. The molecule has 0 saturated carbocycles. The molecule has 2 aromatic carbocycles. The Morgan fingerprint density at radius 2 is 1.91 bits per heavy atom. The third-order valence-electron chi connectivity index (χ3n) is 5.70. The highest BCUT2D eigenvalue weighted by atomic mass is 19.1. The van der Waals surface area contributed by atoms with E-state index >= 15 is 0 Å². The maximum atomic E-state index is 14.4. The second-order valence-corrected chi connectivity index (χ2v) is 7.90. The monoisotopic (exact) mass is 436 g/mol. The number of aromatic amines is 1. The molecule has 3 heterocycles. The first kappa shape index (κ1) is 20.2. The van der Waals surface area contributed by atoms with E-state index in [0.717, 1.165) is 36.0 Å². The van der Waals surface area contributed by atoms with Crippen molar-refractivity contribution in [2.24, 2.45) is 7.05 Å². The number of nitrogens with one attached hydrogen (secondary N) is 1. The van der Waals surface area contributed by atoms with E-state index in [-0.39, 0.29) is 17.2 Å². The molecule has 32 heavy (non-hydrogen) atoms. The predicted octanol–water partition coefficient (Wildman–Crippen LogP) is 3.59. The Labute approximate surface area is 183 Å². The summed E-state index contributed by atoms with van der Waals surface area (Å²) in [4.78, 5) is 25.2. The molecule has 7 nitrogen and oxygen atoms in total. The molecule has 0 radical (unpaired) electrons. The zero-order valence-corrected chi connectivity index (χ0v) is 17.6. The van der Waals surface area contributed by atoms with E-state index in [1.807, 2.05) is 24.3 Å². The van der Waals surface area contributed by atoms with Crippen molar-refractivity contribution in [1.29, 1.82) is 0 Å². The maximum absolute atomic E-state index is 14.4. The molecule has 1 N–H and O–H groups in total. The number of aryl methyl sites for hydroxylation is 1. The van der Waals surface area contributed by atoms with Crippen LogP contribution in [-0.2, 0) is 7.05 Å². The molecule has 0 spiro atoms. The summed E-state index contributed by atoms with van der Waals surface area (Å²) in [6.45, 7) is 2.44. The molecular weight excluding hydrogens is 414 g/mol. The van der Waals surface area contributed by atoms with Crippen molar-refractivity contribution in [3.05, 3.63) is 65.9 Å². The number of carbonyl (C=O) groups excluding carboxylic acids is 1. The van der Waals surface area contributed by atoms with Gasteiger partial charge in [-0.25, -0.2) is 13.8 Å². The largest absolute Gasteiger partial charge is 0.341 e. The number of hydrogen-bond donors (Lipinski definition) is 1. The number of halogens is 2. The lowest BCUT2D eigenvalue weighted by molar-refractivity contribution is 0.0767. The third-order valence-corrected chi connectivity index (χ3v) is 5.70. The minimum absolute atomic E-state index is 0.106. The topological polar surface area (TPSA) is 70.1 Å². The summed E-state index contributed by atoms with van der Waals surface area (Å²) in [7, 11) is 1.67. The van der Waals surface area contributed by atoms with Crippen LogP contribution < -0.4 is 4.90 Å². The number of nitrogens with zero attached hydrogens (tertiary/aromatic N) is 5. The van der Waals surface area contributed by atoms with Crippen LogP contribution >= 0.6 is 0 Å². The van der Waals surface area contributed by atoms with Gasteiger partial charge in [-0.3, -0.25) is 9.48 Å². The summed E-state index contributed by atoms with van der Waals surface area (Å²) in [6, 6.07) is 11.1. The fourth-order valence-corrected chi connectivity index (χ4v) is 4.12. The van der Waals surface area contributed by atoms with Gasteiger partial charge >= 0.3 is 0 Å². The lowest BCUT2D eigenvalue weighted by Crippen LogP contribution is -2.35. The Morgan fingerprint density at radius 3 is 2.72 bits per heavy atom. The van der Waals surface area contributed by atoms with Gasteiger partial charge in [-0.05, 0) is 30.7 Å². The van der Waals surface area contributed by atoms with Gasteiger partial charge in [-0.2, -0.15) is 5.10 Å². The number of benzene rings is 2. The van der Waals surface area contributed by atoms with Gasteiger partial charge < -0.3 is 14.8 Å². The summed E-state index contributed by atoms with van der Waals surface area (Å²) in [6.07, 6.45) is 2.35. The fourth-order valence-electron chi connectivity index (χ4n) is 4.12. The summed E-state index contributed by atoms with van der Waals surface area (Å²) in [5.74, 6) is -0.850. The van der Waals surface area contributed by atoms with Crippen molar-refractivity contribution in [3.8, 4) is 11.3 Å². The first-order chi connectivity index (χ1) is 15.5. The van der Waals surface area contributed by atoms with Crippen LogP contribution in [0.5, 0.6) is 0 Å². The number of rotatable bonds is 3. The summed E-state index contributed by atoms with van der Waals surface area (Å²) in [5.41, 5.74) is 2.50. The van der Waals surface area contributed by atoms with Crippen LogP contribution in [0.1, 0.15) is 16.8 Å². The molecule has 1 aliphatic rings. The van der Waals surface area contributed by atoms with Gasteiger partial charge in [0.15, 0.2) is 0 Å². The molecule has 1 aliphatic heterocycles. The highest BCUT2D eigenvalue weighted by Crippen LogP contribution is 2.27. The molecule has 5 rings (SSSR count). The Bertz CT molecular complexity index is 1260. The second-order valence-electron chi connectivity index (χ2n) is 7.90. The lowest BCUT2D eigenvalue weighted by Gasteiger charge is -2.21. The molecule has 1 amide bonds. The van der Waals surface area contributed by atoms with Gasteiger partial charge in [0, 0.05) is 51.1 Å². The molecule has 0 bridgehead atoms. The van der Waals surface area contributed by atoms with E-state index in [1.54, 1.807) is 18.1 Å². The number of aromatic nitrogens is 4. The van der Waals surface area contributed by atoms with E-state index in [1.165, 1.54) is 16.8 Å². The smallest absolute Gasteiger partial charge is 0.257 e. The number of imidazole rings is 1. The number of para-hydroxylation sites is 2. The van der Waals surface area contributed by atoms with Crippen LogP contribution in [0.4, 0.5) is 14.7 Å². The van der Waals surface area contributed by atoms with E-state index in [2.05, 4.69) is 20.0 Å². The number of carbonyl (C=O) groups is 1.